The number of imidazole rings is 1. The SMILES string of the molecule is c1cc(-c2nnc3sc(-c4ccc5nc[nH]c5c4)nn23)ccn1. The molecule has 0 saturated carbocycles. The zero-order chi connectivity index (χ0) is 15.2. The summed E-state index contributed by atoms with van der Waals surface area (Å²) in [5.74, 6) is 0.715. The number of aromatic amines is 1. The van der Waals surface area contributed by atoms with E-state index in [0.29, 0.717) is 5.82 Å². The van der Waals surface area contributed by atoms with Crippen LogP contribution in [0.1, 0.15) is 0 Å². The molecule has 4 aromatic heterocycles. The molecular formula is C15H9N7S. The molecular weight excluding hydrogens is 310 g/mol. The van der Waals surface area contributed by atoms with Gasteiger partial charge in [-0.1, -0.05) is 11.3 Å². The van der Waals surface area contributed by atoms with Crippen molar-refractivity contribution >= 4 is 27.3 Å². The average molecular weight is 319 g/mol. The van der Waals surface area contributed by atoms with E-state index in [9.17, 15) is 0 Å². The van der Waals surface area contributed by atoms with Gasteiger partial charge in [-0.15, -0.1) is 10.2 Å². The number of benzene rings is 1. The fourth-order valence-electron chi connectivity index (χ4n) is 2.48. The van der Waals surface area contributed by atoms with Gasteiger partial charge in [0.15, 0.2) is 5.82 Å². The Hall–Kier alpha value is -3.13. The standard InChI is InChI=1S/C15H9N7S/c1-2-11-12(18-8-17-11)7-10(1)14-21-22-13(19-20-15(22)23-14)9-3-5-16-6-4-9/h1-8H,(H,17,18). The van der Waals surface area contributed by atoms with E-state index < -0.39 is 0 Å². The minimum absolute atomic E-state index is 0.715. The first-order chi connectivity index (χ1) is 11.4. The topological polar surface area (TPSA) is 84.6 Å². The third-order valence-electron chi connectivity index (χ3n) is 3.60. The van der Waals surface area contributed by atoms with Crippen molar-refractivity contribution in [1.29, 1.82) is 0 Å². The molecule has 5 rings (SSSR count). The zero-order valence-electron chi connectivity index (χ0n) is 11.7. The predicted octanol–water partition coefficient (Wildman–Crippen LogP) is 2.79. The van der Waals surface area contributed by atoms with Crippen molar-refractivity contribution in [2.24, 2.45) is 0 Å². The van der Waals surface area contributed by atoms with E-state index in [-0.39, 0.29) is 0 Å². The van der Waals surface area contributed by atoms with Crippen LogP contribution in [0.4, 0.5) is 0 Å². The number of H-pyrrole nitrogens is 1. The fraction of sp³-hybridized carbons (Fsp3) is 0. The molecule has 4 heterocycles. The van der Waals surface area contributed by atoms with Crippen molar-refractivity contribution in [2.45, 2.75) is 0 Å². The molecule has 0 bridgehead atoms. The van der Waals surface area contributed by atoms with Gasteiger partial charge in [0.05, 0.1) is 17.4 Å². The van der Waals surface area contributed by atoms with Crippen LogP contribution in [-0.4, -0.2) is 34.8 Å². The van der Waals surface area contributed by atoms with Crippen molar-refractivity contribution < 1.29 is 0 Å². The Morgan fingerprint density at radius 2 is 1.91 bits per heavy atom. The number of rotatable bonds is 2. The zero-order valence-corrected chi connectivity index (χ0v) is 12.5. The smallest absolute Gasteiger partial charge is 0.235 e. The van der Waals surface area contributed by atoms with Crippen LogP contribution in [0.5, 0.6) is 0 Å². The lowest BCUT2D eigenvalue weighted by molar-refractivity contribution is 0.970. The summed E-state index contributed by atoms with van der Waals surface area (Å²) >= 11 is 1.51. The lowest BCUT2D eigenvalue weighted by Crippen LogP contribution is -1.91. The van der Waals surface area contributed by atoms with Gasteiger partial charge in [-0.2, -0.15) is 9.61 Å². The Bertz CT molecular complexity index is 1120. The van der Waals surface area contributed by atoms with Gasteiger partial charge < -0.3 is 4.98 Å². The van der Waals surface area contributed by atoms with Crippen molar-refractivity contribution in [3.63, 3.8) is 0 Å². The second-order valence-corrected chi connectivity index (χ2v) is 5.95. The van der Waals surface area contributed by atoms with Crippen LogP contribution in [0.3, 0.4) is 0 Å². The fourth-order valence-corrected chi connectivity index (χ4v) is 3.32. The van der Waals surface area contributed by atoms with E-state index in [1.54, 1.807) is 23.2 Å². The number of pyridine rings is 1. The summed E-state index contributed by atoms with van der Waals surface area (Å²) in [6.07, 6.45) is 5.15. The Balaban J connectivity index is 1.67. The Kier molecular flexibility index (Phi) is 2.53. The highest BCUT2D eigenvalue weighted by Crippen LogP contribution is 2.29. The Morgan fingerprint density at radius 1 is 1.00 bits per heavy atom. The second kappa shape index (κ2) is 4.68. The van der Waals surface area contributed by atoms with Crippen LogP contribution >= 0.6 is 11.3 Å². The molecule has 0 spiro atoms. The first-order valence-corrected chi connectivity index (χ1v) is 7.76. The molecule has 8 heteroatoms. The molecule has 0 aliphatic rings. The minimum Gasteiger partial charge on any atom is -0.345 e. The highest BCUT2D eigenvalue weighted by atomic mass is 32.1. The summed E-state index contributed by atoms with van der Waals surface area (Å²) in [6.45, 7) is 0. The van der Waals surface area contributed by atoms with Gasteiger partial charge in [0.1, 0.15) is 5.01 Å². The molecule has 0 aliphatic heterocycles. The van der Waals surface area contributed by atoms with Gasteiger partial charge in [0, 0.05) is 23.5 Å². The number of aromatic nitrogens is 7. The highest BCUT2D eigenvalue weighted by molar-refractivity contribution is 7.19. The number of hydrogen-bond acceptors (Lipinski definition) is 6. The van der Waals surface area contributed by atoms with Gasteiger partial charge in [-0.05, 0) is 30.3 Å². The third kappa shape index (κ3) is 1.92. The molecule has 23 heavy (non-hydrogen) atoms. The maximum atomic E-state index is 4.67. The van der Waals surface area contributed by atoms with Gasteiger partial charge in [-0.3, -0.25) is 4.98 Å². The van der Waals surface area contributed by atoms with Crippen LogP contribution in [0.15, 0.2) is 49.1 Å². The van der Waals surface area contributed by atoms with E-state index >= 15 is 0 Å². The van der Waals surface area contributed by atoms with E-state index in [2.05, 4.69) is 30.2 Å². The molecule has 0 fully saturated rings. The first-order valence-electron chi connectivity index (χ1n) is 6.95. The number of fused-ring (bicyclic) bond motifs is 2. The molecule has 1 N–H and O–H groups in total. The highest BCUT2D eigenvalue weighted by Gasteiger charge is 2.14. The van der Waals surface area contributed by atoms with Crippen molar-refractivity contribution in [1.82, 2.24) is 34.8 Å². The quantitative estimate of drug-likeness (QED) is 0.541. The summed E-state index contributed by atoms with van der Waals surface area (Å²) in [5.41, 5.74) is 3.89. The predicted molar refractivity (Wildman–Crippen MR) is 87.0 cm³/mol. The monoisotopic (exact) mass is 319 g/mol. The summed E-state index contributed by atoms with van der Waals surface area (Å²) in [7, 11) is 0. The lowest BCUT2D eigenvalue weighted by Gasteiger charge is -1.96. The van der Waals surface area contributed by atoms with Gasteiger partial charge >= 0.3 is 0 Å². The van der Waals surface area contributed by atoms with Crippen LogP contribution in [-0.2, 0) is 0 Å². The van der Waals surface area contributed by atoms with Crippen LogP contribution in [0, 0.1) is 0 Å². The molecule has 110 valence electrons. The van der Waals surface area contributed by atoms with Crippen LogP contribution < -0.4 is 0 Å². The molecule has 0 amide bonds. The first kappa shape index (κ1) is 12.4. The van der Waals surface area contributed by atoms with E-state index in [4.69, 9.17) is 0 Å². The summed E-state index contributed by atoms with van der Waals surface area (Å²) in [6, 6.07) is 9.83. The summed E-state index contributed by atoms with van der Waals surface area (Å²) in [4.78, 5) is 12.1. The number of nitrogens with one attached hydrogen (secondary N) is 1. The van der Waals surface area contributed by atoms with E-state index in [1.165, 1.54) is 11.3 Å². The molecule has 0 saturated heterocycles. The lowest BCUT2D eigenvalue weighted by atomic mass is 10.2. The van der Waals surface area contributed by atoms with Crippen LogP contribution in [0.25, 0.3) is 38.0 Å². The number of nitrogens with zero attached hydrogens (tertiary/aromatic N) is 6. The van der Waals surface area contributed by atoms with E-state index in [0.717, 1.165) is 32.1 Å². The molecule has 0 aliphatic carbocycles. The summed E-state index contributed by atoms with van der Waals surface area (Å²) in [5, 5.41) is 14.0. The largest absolute Gasteiger partial charge is 0.345 e. The maximum Gasteiger partial charge on any atom is 0.235 e. The van der Waals surface area contributed by atoms with Crippen LogP contribution in [0.2, 0.25) is 0 Å². The maximum absolute atomic E-state index is 4.67. The Labute approximate surface area is 133 Å². The van der Waals surface area contributed by atoms with Crippen molar-refractivity contribution in [2.75, 3.05) is 0 Å². The molecule has 5 aromatic rings. The second-order valence-electron chi connectivity index (χ2n) is 5.00. The normalized spacial score (nSPS) is 11.5. The summed E-state index contributed by atoms with van der Waals surface area (Å²) < 4.78 is 1.77. The van der Waals surface area contributed by atoms with Crippen molar-refractivity contribution in [3.8, 4) is 22.0 Å². The number of hydrogen-bond donors (Lipinski definition) is 1. The van der Waals surface area contributed by atoms with E-state index in [1.807, 2.05) is 30.3 Å². The molecule has 0 radical (unpaired) electrons. The molecule has 7 nitrogen and oxygen atoms in total. The third-order valence-corrected chi connectivity index (χ3v) is 4.54. The average Bonchev–Trinajstić information content (AvgIpc) is 3.29. The van der Waals surface area contributed by atoms with Gasteiger partial charge in [0.25, 0.3) is 0 Å². The molecule has 0 atom stereocenters. The molecule has 1 aromatic carbocycles. The van der Waals surface area contributed by atoms with Gasteiger partial charge in [-0.25, -0.2) is 4.98 Å². The molecule has 0 unspecified atom stereocenters. The van der Waals surface area contributed by atoms with Crippen molar-refractivity contribution in [3.05, 3.63) is 49.1 Å². The van der Waals surface area contributed by atoms with Gasteiger partial charge in [0.2, 0.25) is 4.96 Å². The Morgan fingerprint density at radius 3 is 2.83 bits per heavy atom. The minimum atomic E-state index is 0.715.